The molecule has 0 aliphatic carbocycles. The van der Waals surface area contributed by atoms with Gasteiger partial charge in [0.2, 0.25) is 0 Å². The highest BCUT2D eigenvalue weighted by Crippen LogP contribution is 2.30. The molecule has 0 aliphatic heterocycles. The van der Waals surface area contributed by atoms with Gasteiger partial charge in [-0.1, -0.05) is 6.07 Å². The van der Waals surface area contributed by atoms with Crippen molar-refractivity contribution < 1.29 is 9.53 Å². The van der Waals surface area contributed by atoms with E-state index in [0.29, 0.717) is 22.9 Å². The first-order valence-corrected chi connectivity index (χ1v) is 7.93. The second-order valence-electron chi connectivity index (χ2n) is 4.45. The van der Waals surface area contributed by atoms with E-state index in [9.17, 15) is 4.79 Å². The molecule has 20 heavy (non-hydrogen) atoms. The van der Waals surface area contributed by atoms with Gasteiger partial charge in [0.15, 0.2) is 0 Å². The molecule has 1 amide bonds. The van der Waals surface area contributed by atoms with Crippen molar-refractivity contribution in [1.82, 2.24) is 0 Å². The summed E-state index contributed by atoms with van der Waals surface area (Å²) in [6.07, 6.45) is 0. The molecule has 0 atom stereocenters. The van der Waals surface area contributed by atoms with Gasteiger partial charge in [0.25, 0.3) is 5.91 Å². The Balaban J connectivity index is 2.23. The van der Waals surface area contributed by atoms with Crippen molar-refractivity contribution in [1.29, 1.82) is 0 Å². The lowest BCUT2D eigenvalue weighted by molar-refractivity contribution is 0.103. The van der Waals surface area contributed by atoms with E-state index in [1.54, 1.807) is 0 Å². The lowest BCUT2D eigenvalue weighted by Crippen LogP contribution is -2.11. The Kier molecular flexibility index (Phi) is 4.83. The number of amides is 1. The molecule has 106 valence electrons. The standard InChI is InChI=1S/C15H16BrNO2S/c1-4-19-12-7-9(2)5-6-11(12)17-15(18)13-8-10(3)14(16)20-13/h5-8H,4H2,1-3H3,(H,17,18). The molecule has 0 fully saturated rings. The van der Waals surface area contributed by atoms with Crippen LogP contribution < -0.4 is 10.1 Å². The van der Waals surface area contributed by atoms with Crippen LogP contribution in [0.15, 0.2) is 28.1 Å². The van der Waals surface area contributed by atoms with Crippen molar-refractivity contribution in [2.24, 2.45) is 0 Å². The Labute approximate surface area is 131 Å². The Morgan fingerprint density at radius 2 is 2.10 bits per heavy atom. The third-order valence-corrected chi connectivity index (χ3v) is 4.90. The maximum absolute atomic E-state index is 12.2. The van der Waals surface area contributed by atoms with Crippen molar-refractivity contribution in [2.45, 2.75) is 20.8 Å². The fraction of sp³-hybridized carbons (Fsp3) is 0.267. The second kappa shape index (κ2) is 6.41. The number of hydrogen-bond donors (Lipinski definition) is 1. The Morgan fingerprint density at radius 1 is 1.35 bits per heavy atom. The van der Waals surface area contributed by atoms with Gasteiger partial charge in [-0.3, -0.25) is 4.79 Å². The van der Waals surface area contributed by atoms with Crippen LogP contribution in [0.1, 0.15) is 27.7 Å². The van der Waals surface area contributed by atoms with E-state index < -0.39 is 0 Å². The molecule has 5 heteroatoms. The number of nitrogens with one attached hydrogen (secondary N) is 1. The molecule has 2 aromatic rings. The molecule has 1 heterocycles. The summed E-state index contributed by atoms with van der Waals surface area (Å²) in [5.41, 5.74) is 2.86. The van der Waals surface area contributed by atoms with E-state index in [0.717, 1.165) is 14.9 Å². The van der Waals surface area contributed by atoms with Crippen molar-refractivity contribution in [3.8, 4) is 5.75 Å². The number of halogens is 1. The number of rotatable bonds is 4. The van der Waals surface area contributed by atoms with E-state index in [1.807, 2.05) is 45.0 Å². The topological polar surface area (TPSA) is 38.3 Å². The quantitative estimate of drug-likeness (QED) is 0.858. The van der Waals surface area contributed by atoms with Crippen LogP contribution in [-0.4, -0.2) is 12.5 Å². The van der Waals surface area contributed by atoms with Crippen molar-refractivity contribution in [3.05, 3.63) is 44.1 Å². The molecule has 0 saturated heterocycles. The first-order valence-electron chi connectivity index (χ1n) is 6.32. The lowest BCUT2D eigenvalue weighted by Gasteiger charge is -2.11. The molecular formula is C15H16BrNO2S. The van der Waals surface area contributed by atoms with E-state index in [-0.39, 0.29) is 5.91 Å². The zero-order valence-corrected chi connectivity index (χ0v) is 14.0. The zero-order chi connectivity index (χ0) is 14.7. The highest BCUT2D eigenvalue weighted by molar-refractivity contribution is 9.11. The average molecular weight is 354 g/mol. The summed E-state index contributed by atoms with van der Waals surface area (Å²) in [4.78, 5) is 12.9. The maximum atomic E-state index is 12.2. The number of carbonyl (C=O) groups excluding carboxylic acids is 1. The first-order chi connectivity index (χ1) is 9.51. The van der Waals surface area contributed by atoms with Crippen LogP contribution in [0, 0.1) is 13.8 Å². The van der Waals surface area contributed by atoms with Crippen LogP contribution in [0.5, 0.6) is 5.75 Å². The van der Waals surface area contributed by atoms with Gasteiger partial charge in [0, 0.05) is 0 Å². The SMILES string of the molecule is CCOc1cc(C)ccc1NC(=O)c1cc(C)c(Br)s1. The lowest BCUT2D eigenvalue weighted by atomic mass is 10.2. The zero-order valence-electron chi connectivity index (χ0n) is 11.6. The van der Waals surface area contributed by atoms with Gasteiger partial charge in [-0.15, -0.1) is 11.3 Å². The van der Waals surface area contributed by atoms with Crippen LogP contribution >= 0.6 is 27.3 Å². The number of carbonyl (C=O) groups is 1. The van der Waals surface area contributed by atoms with Gasteiger partial charge in [0.1, 0.15) is 5.75 Å². The predicted octanol–water partition coefficient (Wildman–Crippen LogP) is 4.78. The summed E-state index contributed by atoms with van der Waals surface area (Å²) >= 11 is 4.86. The van der Waals surface area contributed by atoms with Gasteiger partial charge in [0.05, 0.1) is 21.0 Å². The number of benzene rings is 1. The molecule has 0 bridgehead atoms. The summed E-state index contributed by atoms with van der Waals surface area (Å²) in [6.45, 7) is 6.45. The highest BCUT2D eigenvalue weighted by atomic mass is 79.9. The van der Waals surface area contributed by atoms with Crippen LogP contribution in [0.25, 0.3) is 0 Å². The molecule has 0 saturated carbocycles. The summed E-state index contributed by atoms with van der Waals surface area (Å²) in [6, 6.07) is 7.62. The number of anilines is 1. The van der Waals surface area contributed by atoms with Gasteiger partial charge in [-0.05, 0) is 66.0 Å². The average Bonchev–Trinajstić information content (AvgIpc) is 2.73. The number of hydrogen-bond acceptors (Lipinski definition) is 3. The van der Waals surface area contributed by atoms with Gasteiger partial charge in [-0.2, -0.15) is 0 Å². The molecule has 0 spiro atoms. The van der Waals surface area contributed by atoms with Gasteiger partial charge >= 0.3 is 0 Å². The van der Waals surface area contributed by atoms with Crippen LogP contribution in [-0.2, 0) is 0 Å². The molecule has 1 aromatic heterocycles. The highest BCUT2D eigenvalue weighted by Gasteiger charge is 2.13. The minimum Gasteiger partial charge on any atom is -0.492 e. The predicted molar refractivity (Wildman–Crippen MR) is 87.1 cm³/mol. The fourth-order valence-electron chi connectivity index (χ4n) is 1.76. The van der Waals surface area contributed by atoms with E-state index in [1.165, 1.54) is 11.3 Å². The Bertz CT molecular complexity index is 617. The van der Waals surface area contributed by atoms with E-state index in [2.05, 4.69) is 21.2 Å². The molecular weight excluding hydrogens is 338 g/mol. The van der Waals surface area contributed by atoms with E-state index in [4.69, 9.17) is 4.74 Å². The number of aryl methyl sites for hydroxylation is 2. The molecule has 1 aromatic carbocycles. The largest absolute Gasteiger partial charge is 0.492 e. The van der Waals surface area contributed by atoms with Crippen molar-refractivity contribution in [3.63, 3.8) is 0 Å². The third kappa shape index (κ3) is 3.41. The molecule has 3 nitrogen and oxygen atoms in total. The maximum Gasteiger partial charge on any atom is 0.265 e. The normalized spacial score (nSPS) is 10.4. The molecule has 0 aliphatic rings. The molecule has 0 unspecified atom stereocenters. The number of ether oxygens (including phenoxy) is 1. The molecule has 2 rings (SSSR count). The third-order valence-electron chi connectivity index (χ3n) is 2.77. The smallest absolute Gasteiger partial charge is 0.265 e. The summed E-state index contributed by atoms with van der Waals surface area (Å²) < 4.78 is 6.55. The number of thiophene rings is 1. The Hall–Kier alpha value is -1.33. The first kappa shape index (κ1) is 15.1. The van der Waals surface area contributed by atoms with Gasteiger partial charge in [-0.25, -0.2) is 0 Å². The van der Waals surface area contributed by atoms with Crippen LogP contribution in [0.4, 0.5) is 5.69 Å². The second-order valence-corrected chi connectivity index (χ2v) is 6.82. The van der Waals surface area contributed by atoms with Crippen molar-refractivity contribution in [2.75, 3.05) is 11.9 Å². The summed E-state index contributed by atoms with van der Waals surface area (Å²) in [5, 5.41) is 2.91. The van der Waals surface area contributed by atoms with Crippen molar-refractivity contribution >= 4 is 38.9 Å². The minimum atomic E-state index is -0.117. The summed E-state index contributed by atoms with van der Waals surface area (Å²) in [7, 11) is 0. The summed E-state index contributed by atoms with van der Waals surface area (Å²) in [5.74, 6) is 0.585. The minimum absolute atomic E-state index is 0.117. The monoisotopic (exact) mass is 353 g/mol. The van der Waals surface area contributed by atoms with Crippen LogP contribution in [0.2, 0.25) is 0 Å². The van der Waals surface area contributed by atoms with Crippen LogP contribution in [0.3, 0.4) is 0 Å². The fourth-order valence-corrected chi connectivity index (χ4v) is 3.19. The molecule has 1 N–H and O–H groups in total. The molecule has 0 radical (unpaired) electrons. The van der Waals surface area contributed by atoms with Gasteiger partial charge < -0.3 is 10.1 Å². The Morgan fingerprint density at radius 3 is 2.70 bits per heavy atom. The van der Waals surface area contributed by atoms with E-state index >= 15 is 0 Å².